The summed E-state index contributed by atoms with van der Waals surface area (Å²) in [6.07, 6.45) is -5.90. The molecule has 1 aliphatic rings. The molecule has 182 valence electrons. The zero-order valence-electron chi connectivity index (χ0n) is 17.7. The first-order valence-corrected chi connectivity index (χ1v) is 10.6. The first-order valence-electron chi connectivity index (χ1n) is 10.6. The minimum atomic E-state index is -4.91. The molecule has 0 aromatic heterocycles. The topological polar surface area (TPSA) is 50.7 Å². The van der Waals surface area contributed by atoms with E-state index in [1.54, 1.807) is 0 Å². The summed E-state index contributed by atoms with van der Waals surface area (Å²) in [5.41, 5.74) is -2.98. The maximum atomic E-state index is 13.7. The molecule has 1 fully saturated rings. The molecule has 2 aromatic rings. The lowest BCUT2D eigenvalue weighted by molar-refractivity contribution is -0.274. The number of halogens is 6. The van der Waals surface area contributed by atoms with E-state index in [1.807, 2.05) is 0 Å². The van der Waals surface area contributed by atoms with Crippen molar-refractivity contribution >= 4 is 0 Å². The van der Waals surface area contributed by atoms with Crippen LogP contribution in [0.5, 0.6) is 17.2 Å². The summed E-state index contributed by atoms with van der Waals surface area (Å²) < 4.78 is 87.7. The molecule has 0 heterocycles. The van der Waals surface area contributed by atoms with Crippen molar-refractivity contribution in [2.45, 2.75) is 56.8 Å². The fraction of sp³-hybridized carbons (Fsp3) is 0.478. The summed E-state index contributed by atoms with van der Waals surface area (Å²) in [6.45, 7) is 0.0538. The second-order valence-electron chi connectivity index (χ2n) is 8.19. The van der Waals surface area contributed by atoms with E-state index in [1.165, 1.54) is 36.4 Å². The molecular formula is C23H25F6NO3. The van der Waals surface area contributed by atoms with Gasteiger partial charge in [0.2, 0.25) is 5.72 Å². The Balaban J connectivity index is 1.71. The van der Waals surface area contributed by atoms with Crippen LogP contribution in [0.4, 0.5) is 26.3 Å². The average molecular weight is 477 g/mol. The standard InChI is InChI=1S/C23H25F6NO3/c24-22(25,26)21(31,30-15-16-6-2-1-3-7-16)14-17-8-4-9-18(12-17)32-19-10-5-11-20(13-19)33-23(27,28)29/h4-5,8-13,16,30-31H,1-3,6-7,14-15H2. The van der Waals surface area contributed by atoms with Gasteiger partial charge in [0.05, 0.1) is 0 Å². The number of nitrogens with one attached hydrogen (secondary N) is 1. The molecule has 3 rings (SSSR count). The van der Waals surface area contributed by atoms with Crippen LogP contribution < -0.4 is 14.8 Å². The number of alkyl halides is 6. The van der Waals surface area contributed by atoms with Gasteiger partial charge in [0.25, 0.3) is 0 Å². The van der Waals surface area contributed by atoms with Crippen LogP contribution in [0.25, 0.3) is 0 Å². The first-order chi connectivity index (χ1) is 15.4. The van der Waals surface area contributed by atoms with E-state index in [0.717, 1.165) is 44.2 Å². The second kappa shape index (κ2) is 10.2. The minimum Gasteiger partial charge on any atom is -0.457 e. The van der Waals surface area contributed by atoms with Crippen molar-refractivity contribution in [1.29, 1.82) is 0 Å². The zero-order chi connectivity index (χ0) is 24.1. The van der Waals surface area contributed by atoms with E-state index >= 15 is 0 Å². The fourth-order valence-electron chi connectivity index (χ4n) is 3.85. The van der Waals surface area contributed by atoms with Gasteiger partial charge < -0.3 is 14.6 Å². The van der Waals surface area contributed by atoms with Crippen LogP contribution in [0, 0.1) is 5.92 Å². The van der Waals surface area contributed by atoms with Crippen molar-refractivity contribution in [1.82, 2.24) is 5.32 Å². The molecule has 1 saturated carbocycles. The predicted molar refractivity (Wildman–Crippen MR) is 109 cm³/mol. The highest BCUT2D eigenvalue weighted by Gasteiger charge is 2.53. The van der Waals surface area contributed by atoms with E-state index in [2.05, 4.69) is 10.1 Å². The normalized spacial score (nSPS) is 17.4. The Bertz CT molecular complexity index is 912. The Morgan fingerprint density at radius 2 is 1.45 bits per heavy atom. The molecule has 1 atom stereocenters. The molecule has 1 aliphatic carbocycles. The summed E-state index contributed by atoms with van der Waals surface area (Å²) in [6, 6.07) is 10.4. The third kappa shape index (κ3) is 7.53. The molecule has 2 N–H and O–H groups in total. The van der Waals surface area contributed by atoms with Crippen molar-refractivity contribution in [2.24, 2.45) is 5.92 Å². The highest BCUT2D eigenvalue weighted by Crippen LogP contribution is 2.34. The molecule has 0 radical (unpaired) electrons. The van der Waals surface area contributed by atoms with Gasteiger partial charge >= 0.3 is 12.5 Å². The molecule has 10 heteroatoms. The van der Waals surface area contributed by atoms with Crippen molar-refractivity contribution < 1.29 is 40.9 Å². The van der Waals surface area contributed by atoms with Crippen molar-refractivity contribution in [2.75, 3.05) is 6.54 Å². The van der Waals surface area contributed by atoms with Gasteiger partial charge in [0, 0.05) is 19.0 Å². The summed E-state index contributed by atoms with van der Waals surface area (Å²) in [5, 5.41) is 12.8. The van der Waals surface area contributed by atoms with Gasteiger partial charge in [-0.2, -0.15) is 13.2 Å². The van der Waals surface area contributed by atoms with Gasteiger partial charge in [-0.25, -0.2) is 0 Å². The molecule has 0 spiro atoms. The highest BCUT2D eigenvalue weighted by atomic mass is 19.4. The third-order valence-corrected chi connectivity index (χ3v) is 5.51. The summed E-state index contributed by atoms with van der Waals surface area (Å²) in [5.74, 6) is -0.299. The van der Waals surface area contributed by atoms with E-state index in [-0.39, 0.29) is 29.5 Å². The lowest BCUT2D eigenvalue weighted by atomic mass is 9.88. The highest BCUT2D eigenvalue weighted by molar-refractivity contribution is 5.38. The fourth-order valence-corrected chi connectivity index (χ4v) is 3.85. The molecule has 0 amide bonds. The zero-order valence-corrected chi connectivity index (χ0v) is 17.7. The largest absolute Gasteiger partial charge is 0.573 e. The molecule has 0 aliphatic heterocycles. The SMILES string of the molecule is OC(Cc1cccc(Oc2cccc(OC(F)(F)F)c2)c1)(NCC1CCCCC1)C(F)(F)F. The Morgan fingerprint density at radius 1 is 0.848 bits per heavy atom. The molecule has 33 heavy (non-hydrogen) atoms. The van der Waals surface area contributed by atoms with E-state index in [0.29, 0.717) is 0 Å². The Morgan fingerprint density at radius 3 is 2.09 bits per heavy atom. The van der Waals surface area contributed by atoms with Crippen molar-refractivity contribution in [3.63, 3.8) is 0 Å². The summed E-state index contributed by atoms with van der Waals surface area (Å²) in [4.78, 5) is 0. The molecule has 1 unspecified atom stereocenters. The maximum Gasteiger partial charge on any atom is 0.573 e. The van der Waals surface area contributed by atoms with Crippen molar-refractivity contribution in [3.8, 4) is 17.2 Å². The summed E-state index contributed by atoms with van der Waals surface area (Å²) in [7, 11) is 0. The van der Waals surface area contributed by atoms with E-state index < -0.39 is 30.4 Å². The van der Waals surface area contributed by atoms with Gasteiger partial charge in [-0.1, -0.05) is 37.5 Å². The average Bonchev–Trinajstić information content (AvgIpc) is 2.71. The van der Waals surface area contributed by atoms with Gasteiger partial charge in [-0.15, -0.1) is 13.2 Å². The van der Waals surface area contributed by atoms with Crippen LogP contribution in [0.3, 0.4) is 0 Å². The van der Waals surface area contributed by atoms with E-state index in [4.69, 9.17) is 4.74 Å². The first kappa shape index (κ1) is 25.2. The number of benzene rings is 2. The van der Waals surface area contributed by atoms with E-state index in [9.17, 15) is 31.4 Å². The molecule has 0 saturated heterocycles. The number of hydrogen-bond acceptors (Lipinski definition) is 4. The van der Waals surface area contributed by atoms with Crippen molar-refractivity contribution in [3.05, 3.63) is 54.1 Å². The third-order valence-electron chi connectivity index (χ3n) is 5.51. The maximum absolute atomic E-state index is 13.7. The number of rotatable bonds is 8. The molecule has 0 bridgehead atoms. The smallest absolute Gasteiger partial charge is 0.457 e. The van der Waals surface area contributed by atoms with Crippen LogP contribution in [0.2, 0.25) is 0 Å². The second-order valence-corrected chi connectivity index (χ2v) is 8.19. The van der Waals surface area contributed by atoms with Crippen LogP contribution in [-0.2, 0) is 6.42 Å². The van der Waals surface area contributed by atoms with Gasteiger partial charge in [0.1, 0.15) is 17.2 Å². The van der Waals surface area contributed by atoms with Crippen LogP contribution >= 0.6 is 0 Å². The quantitative estimate of drug-likeness (QED) is 0.344. The predicted octanol–water partition coefficient (Wildman–Crippen LogP) is 6.34. The minimum absolute atomic E-state index is 0.00964. The van der Waals surface area contributed by atoms with Crippen LogP contribution in [0.15, 0.2) is 48.5 Å². The number of ether oxygens (including phenoxy) is 2. The lowest BCUT2D eigenvalue weighted by Crippen LogP contribution is -2.59. The lowest BCUT2D eigenvalue weighted by Gasteiger charge is -2.34. The van der Waals surface area contributed by atoms with Crippen LogP contribution in [0.1, 0.15) is 37.7 Å². The molecule has 4 nitrogen and oxygen atoms in total. The molecular weight excluding hydrogens is 452 g/mol. The van der Waals surface area contributed by atoms with Gasteiger partial charge in [-0.3, -0.25) is 5.32 Å². The molecule has 2 aromatic carbocycles. The monoisotopic (exact) mass is 477 g/mol. The number of aliphatic hydroxyl groups is 1. The van der Waals surface area contributed by atoms with Crippen LogP contribution in [-0.4, -0.2) is 29.9 Å². The number of hydrogen-bond donors (Lipinski definition) is 2. The summed E-state index contributed by atoms with van der Waals surface area (Å²) >= 11 is 0. The Labute approximate surface area is 187 Å². The van der Waals surface area contributed by atoms with Gasteiger partial charge in [0.15, 0.2) is 0 Å². The Kier molecular flexibility index (Phi) is 7.79. The van der Waals surface area contributed by atoms with Gasteiger partial charge in [-0.05, 0) is 48.6 Å². The Hall–Kier alpha value is -2.46.